The Hall–Kier alpha value is -3.94. The van der Waals surface area contributed by atoms with Crippen LogP contribution in [0.2, 0.25) is 0 Å². The van der Waals surface area contributed by atoms with E-state index in [0.29, 0.717) is 29.1 Å². The van der Waals surface area contributed by atoms with Gasteiger partial charge in [0.15, 0.2) is 5.76 Å². The lowest BCUT2D eigenvalue weighted by atomic mass is 10.0. The Balaban J connectivity index is 1.57. The van der Waals surface area contributed by atoms with E-state index in [2.05, 4.69) is 15.3 Å². The van der Waals surface area contributed by atoms with Crippen molar-refractivity contribution in [2.24, 2.45) is 0 Å². The Morgan fingerprint density at radius 1 is 1.19 bits per heavy atom. The van der Waals surface area contributed by atoms with Crippen LogP contribution in [-0.2, 0) is 21.5 Å². The predicted molar refractivity (Wildman–Crippen MR) is 138 cm³/mol. The van der Waals surface area contributed by atoms with Crippen LogP contribution in [0.1, 0.15) is 32.7 Å². The number of methoxy groups -OCH3 is 2. The first-order valence-electron chi connectivity index (χ1n) is 10.9. The largest absolute Gasteiger partial charge is 0.496 e. The topological polar surface area (TPSA) is 153 Å². The minimum absolute atomic E-state index is 0.241. The normalized spacial score (nSPS) is 12.1. The summed E-state index contributed by atoms with van der Waals surface area (Å²) in [7, 11) is -1.55. The Kier molecular flexibility index (Phi) is 7.76. The number of nitrogens with zero attached hydrogens (tertiary/aromatic N) is 2. The van der Waals surface area contributed by atoms with Crippen molar-refractivity contribution in [3.63, 3.8) is 0 Å². The van der Waals surface area contributed by atoms with Gasteiger partial charge in [-0.05, 0) is 49.2 Å². The van der Waals surface area contributed by atoms with Crippen molar-refractivity contribution in [3.8, 4) is 17.1 Å². The van der Waals surface area contributed by atoms with Crippen molar-refractivity contribution < 1.29 is 31.7 Å². The molecule has 0 aliphatic rings. The van der Waals surface area contributed by atoms with Gasteiger partial charge in [-0.25, -0.2) is 14.8 Å². The summed E-state index contributed by atoms with van der Waals surface area (Å²) in [6, 6.07) is 11.4. The van der Waals surface area contributed by atoms with Gasteiger partial charge in [-0.15, -0.1) is 11.3 Å². The molecule has 0 fully saturated rings. The Morgan fingerprint density at radius 2 is 1.95 bits per heavy atom. The SMILES string of the molecule is COC(=O)c1ccc(-c2cnc(N[C@@H](Cc3ccc(NS(=O)(=O)O)cc3)c3csc(C)n3)o2)c(OC)c1. The first kappa shape index (κ1) is 26.1. The molecule has 0 aliphatic heterocycles. The van der Waals surface area contributed by atoms with Crippen LogP contribution in [0.4, 0.5) is 11.7 Å². The lowest BCUT2D eigenvalue weighted by molar-refractivity contribution is 0.0600. The van der Waals surface area contributed by atoms with Crippen molar-refractivity contribution in [2.45, 2.75) is 19.4 Å². The van der Waals surface area contributed by atoms with Gasteiger partial charge < -0.3 is 19.2 Å². The molecule has 2 aromatic carbocycles. The van der Waals surface area contributed by atoms with Gasteiger partial charge in [-0.3, -0.25) is 9.27 Å². The van der Waals surface area contributed by atoms with Gasteiger partial charge in [0, 0.05) is 5.38 Å². The quantitative estimate of drug-likeness (QED) is 0.192. The first-order valence-corrected chi connectivity index (χ1v) is 13.2. The molecule has 0 unspecified atom stereocenters. The molecule has 0 amide bonds. The molecule has 0 radical (unpaired) electrons. The molecule has 11 nitrogen and oxygen atoms in total. The number of aromatic nitrogens is 2. The van der Waals surface area contributed by atoms with Gasteiger partial charge in [0.1, 0.15) is 5.75 Å². The zero-order chi connectivity index (χ0) is 26.6. The Morgan fingerprint density at radius 3 is 2.57 bits per heavy atom. The van der Waals surface area contributed by atoms with Crippen LogP contribution < -0.4 is 14.8 Å². The number of nitrogens with one attached hydrogen (secondary N) is 2. The highest BCUT2D eigenvalue weighted by atomic mass is 32.2. The second kappa shape index (κ2) is 11.0. The second-order valence-electron chi connectivity index (χ2n) is 7.90. The number of anilines is 2. The standard InChI is InChI=1S/C24H24N4O7S2/c1-14-26-20(13-36-14)19(10-15-4-7-17(8-5-15)28-37(30,31)32)27-24-25-12-22(35-24)18-9-6-16(23(29)34-3)11-21(18)33-2/h4-9,11-13,19,28H,10H2,1-3H3,(H,25,27)(H,30,31,32)/t19-/m0/s1. The van der Waals surface area contributed by atoms with E-state index in [1.165, 1.54) is 25.6 Å². The molecular formula is C24H24N4O7S2. The Labute approximate surface area is 217 Å². The lowest BCUT2D eigenvalue weighted by Gasteiger charge is -2.16. The van der Waals surface area contributed by atoms with Crippen LogP contribution in [0.3, 0.4) is 0 Å². The molecule has 3 N–H and O–H groups in total. The fourth-order valence-electron chi connectivity index (χ4n) is 3.62. The number of carbonyl (C=O) groups is 1. The van der Waals surface area contributed by atoms with Gasteiger partial charge in [-0.1, -0.05) is 12.1 Å². The van der Waals surface area contributed by atoms with Gasteiger partial charge >= 0.3 is 16.3 Å². The van der Waals surface area contributed by atoms with E-state index in [1.54, 1.807) is 48.7 Å². The van der Waals surface area contributed by atoms with E-state index in [9.17, 15) is 13.2 Å². The molecule has 13 heteroatoms. The van der Waals surface area contributed by atoms with Crippen molar-refractivity contribution in [1.29, 1.82) is 0 Å². The monoisotopic (exact) mass is 544 g/mol. The van der Waals surface area contributed by atoms with Crippen LogP contribution in [0.15, 0.2) is 58.5 Å². The van der Waals surface area contributed by atoms with E-state index in [-0.39, 0.29) is 17.7 Å². The Bertz CT molecular complexity index is 1500. The molecule has 0 bridgehead atoms. The van der Waals surface area contributed by atoms with Crippen LogP contribution >= 0.6 is 11.3 Å². The molecule has 0 spiro atoms. The number of benzene rings is 2. The maximum atomic E-state index is 11.9. The average molecular weight is 545 g/mol. The molecule has 4 aromatic rings. The molecular weight excluding hydrogens is 520 g/mol. The molecule has 0 aliphatic carbocycles. The molecule has 1 atom stereocenters. The van der Waals surface area contributed by atoms with Crippen LogP contribution in [0, 0.1) is 6.92 Å². The summed E-state index contributed by atoms with van der Waals surface area (Å²) in [6.07, 6.45) is 2.04. The molecule has 0 saturated heterocycles. The fourth-order valence-corrected chi connectivity index (χ4v) is 4.72. The molecule has 37 heavy (non-hydrogen) atoms. The number of hydrogen-bond donors (Lipinski definition) is 3. The predicted octanol–water partition coefficient (Wildman–Crippen LogP) is 4.51. The number of aryl methyl sites for hydroxylation is 1. The first-order chi connectivity index (χ1) is 17.6. The zero-order valence-electron chi connectivity index (χ0n) is 20.1. The van der Waals surface area contributed by atoms with Gasteiger partial charge in [-0.2, -0.15) is 8.42 Å². The highest BCUT2D eigenvalue weighted by Crippen LogP contribution is 2.34. The number of oxazole rings is 1. The minimum Gasteiger partial charge on any atom is -0.496 e. The van der Waals surface area contributed by atoms with Crippen molar-refractivity contribution in [3.05, 3.63) is 75.9 Å². The molecule has 194 valence electrons. The summed E-state index contributed by atoms with van der Waals surface area (Å²) in [5.74, 6) is 0.383. The van der Waals surface area contributed by atoms with Gasteiger partial charge in [0.05, 0.1) is 54.0 Å². The number of hydrogen-bond acceptors (Lipinski definition) is 10. The van der Waals surface area contributed by atoms with Gasteiger partial charge in [0.25, 0.3) is 6.01 Å². The lowest BCUT2D eigenvalue weighted by Crippen LogP contribution is -2.15. The third-order valence-corrected chi connectivity index (χ3v) is 6.61. The van der Waals surface area contributed by atoms with Crippen LogP contribution in [-0.4, -0.2) is 43.1 Å². The van der Waals surface area contributed by atoms with Gasteiger partial charge in [0.2, 0.25) is 0 Å². The summed E-state index contributed by atoms with van der Waals surface area (Å²) >= 11 is 1.51. The number of ether oxygens (including phenoxy) is 2. The minimum atomic E-state index is -4.35. The molecule has 2 heterocycles. The summed E-state index contributed by atoms with van der Waals surface area (Å²) in [6.45, 7) is 1.91. The van der Waals surface area contributed by atoms with E-state index in [0.717, 1.165) is 16.3 Å². The smallest absolute Gasteiger partial charge is 0.357 e. The third-order valence-electron chi connectivity index (χ3n) is 5.33. The number of carbonyl (C=O) groups excluding carboxylic acids is 1. The highest BCUT2D eigenvalue weighted by molar-refractivity contribution is 7.87. The maximum absolute atomic E-state index is 11.9. The van der Waals surface area contributed by atoms with Crippen molar-refractivity contribution >= 4 is 39.3 Å². The number of esters is 1. The van der Waals surface area contributed by atoms with Crippen LogP contribution in [0.5, 0.6) is 5.75 Å². The van der Waals surface area contributed by atoms with E-state index < -0.39 is 16.3 Å². The highest BCUT2D eigenvalue weighted by Gasteiger charge is 2.20. The fraction of sp³-hybridized carbons (Fsp3) is 0.208. The molecule has 0 saturated carbocycles. The third kappa shape index (κ3) is 6.64. The zero-order valence-corrected chi connectivity index (χ0v) is 21.7. The number of rotatable bonds is 10. The van der Waals surface area contributed by atoms with Crippen molar-refractivity contribution in [1.82, 2.24) is 9.97 Å². The summed E-state index contributed by atoms with van der Waals surface area (Å²) in [5.41, 5.74) is 2.87. The number of thiazole rings is 1. The van der Waals surface area contributed by atoms with E-state index >= 15 is 0 Å². The van der Waals surface area contributed by atoms with E-state index in [4.69, 9.17) is 18.4 Å². The summed E-state index contributed by atoms with van der Waals surface area (Å²) in [4.78, 5) is 20.8. The molecule has 2 aromatic heterocycles. The summed E-state index contributed by atoms with van der Waals surface area (Å²) < 4.78 is 49.2. The second-order valence-corrected chi connectivity index (χ2v) is 10.1. The van der Waals surface area contributed by atoms with E-state index in [1.807, 2.05) is 17.0 Å². The van der Waals surface area contributed by atoms with Crippen LogP contribution in [0.25, 0.3) is 11.3 Å². The molecule has 4 rings (SSSR count). The van der Waals surface area contributed by atoms with Crippen molar-refractivity contribution in [2.75, 3.05) is 24.3 Å². The average Bonchev–Trinajstić information content (AvgIpc) is 3.52. The maximum Gasteiger partial charge on any atom is 0.357 e. The summed E-state index contributed by atoms with van der Waals surface area (Å²) in [5, 5.41) is 6.12.